The van der Waals surface area contributed by atoms with Gasteiger partial charge in [0.2, 0.25) is 5.95 Å². The van der Waals surface area contributed by atoms with Crippen molar-refractivity contribution in [2.75, 3.05) is 37.7 Å². The minimum Gasteiger partial charge on any atom is -0.382 e. The van der Waals surface area contributed by atoms with Crippen molar-refractivity contribution in [3.05, 3.63) is 17.5 Å². The fourth-order valence-electron chi connectivity index (χ4n) is 2.69. The zero-order chi connectivity index (χ0) is 16.5. The zero-order valence-electron chi connectivity index (χ0n) is 14.3. The SMILES string of the molecule is CCOCCCNC(=O)c1cc(C)nc(N2CCCCCC2)n1. The number of ether oxygens (including phenoxy) is 1. The van der Waals surface area contributed by atoms with Gasteiger partial charge in [-0.15, -0.1) is 0 Å². The molecule has 1 aromatic rings. The Hall–Kier alpha value is -1.69. The normalized spacial score (nSPS) is 15.3. The molecule has 1 fully saturated rings. The molecule has 1 aromatic heterocycles. The molecule has 2 rings (SSSR count). The van der Waals surface area contributed by atoms with E-state index in [9.17, 15) is 4.79 Å². The van der Waals surface area contributed by atoms with Gasteiger partial charge in [0, 0.05) is 38.5 Å². The van der Waals surface area contributed by atoms with Crippen LogP contribution in [-0.4, -0.2) is 48.7 Å². The Balaban J connectivity index is 1.97. The van der Waals surface area contributed by atoms with Gasteiger partial charge in [-0.1, -0.05) is 12.8 Å². The van der Waals surface area contributed by atoms with Gasteiger partial charge in [0.1, 0.15) is 5.69 Å². The van der Waals surface area contributed by atoms with E-state index in [0.717, 1.165) is 38.0 Å². The molecule has 128 valence electrons. The lowest BCUT2D eigenvalue weighted by molar-refractivity contribution is 0.0939. The number of amides is 1. The Labute approximate surface area is 138 Å². The maximum atomic E-state index is 12.3. The monoisotopic (exact) mass is 320 g/mol. The number of rotatable bonds is 7. The summed E-state index contributed by atoms with van der Waals surface area (Å²) in [6, 6.07) is 1.75. The number of hydrogen-bond acceptors (Lipinski definition) is 5. The number of aromatic nitrogens is 2. The molecule has 1 amide bonds. The second-order valence-corrected chi connectivity index (χ2v) is 5.90. The average molecular weight is 320 g/mol. The lowest BCUT2D eigenvalue weighted by Crippen LogP contribution is -2.30. The van der Waals surface area contributed by atoms with Crippen LogP contribution in [0.5, 0.6) is 0 Å². The van der Waals surface area contributed by atoms with Crippen molar-refractivity contribution in [3.8, 4) is 0 Å². The summed E-state index contributed by atoms with van der Waals surface area (Å²) in [6.45, 7) is 7.79. The molecule has 0 radical (unpaired) electrons. The molecule has 0 atom stereocenters. The molecular formula is C17H28N4O2. The highest BCUT2D eigenvalue weighted by Crippen LogP contribution is 2.16. The van der Waals surface area contributed by atoms with Crippen molar-refractivity contribution >= 4 is 11.9 Å². The number of nitrogens with one attached hydrogen (secondary N) is 1. The fourth-order valence-corrected chi connectivity index (χ4v) is 2.69. The van der Waals surface area contributed by atoms with Crippen LogP contribution in [0.1, 0.15) is 55.2 Å². The molecule has 0 aliphatic carbocycles. The highest BCUT2D eigenvalue weighted by atomic mass is 16.5. The minimum atomic E-state index is -0.136. The Morgan fingerprint density at radius 1 is 1.26 bits per heavy atom. The zero-order valence-corrected chi connectivity index (χ0v) is 14.3. The van der Waals surface area contributed by atoms with E-state index in [4.69, 9.17) is 4.74 Å². The van der Waals surface area contributed by atoms with Gasteiger partial charge in [0.05, 0.1) is 0 Å². The minimum absolute atomic E-state index is 0.136. The summed E-state index contributed by atoms with van der Waals surface area (Å²) in [6.07, 6.45) is 5.65. The molecule has 0 bridgehead atoms. The van der Waals surface area contributed by atoms with E-state index in [1.54, 1.807) is 6.07 Å². The lowest BCUT2D eigenvalue weighted by atomic mass is 10.2. The van der Waals surface area contributed by atoms with Crippen LogP contribution in [0.3, 0.4) is 0 Å². The van der Waals surface area contributed by atoms with Gasteiger partial charge in [-0.05, 0) is 39.2 Å². The van der Waals surface area contributed by atoms with Gasteiger partial charge in [0.15, 0.2) is 0 Å². The Morgan fingerprint density at radius 2 is 2.00 bits per heavy atom. The van der Waals surface area contributed by atoms with E-state index in [-0.39, 0.29) is 5.91 Å². The summed E-state index contributed by atoms with van der Waals surface area (Å²) in [7, 11) is 0. The Bertz CT molecular complexity index is 499. The molecular weight excluding hydrogens is 292 g/mol. The number of anilines is 1. The highest BCUT2D eigenvalue weighted by molar-refractivity contribution is 5.92. The van der Waals surface area contributed by atoms with Gasteiger partial charge in [0.25, 0.3) is 5.91 Å². The lowest BCUT2D eigenvalue weighted by Gasteiger charge is -2.21. The van der Waals surface area contributed by atoms with Crippen LogP contribution in [0.2, 0.25) is 0 Å². The molecule has 1 saturated heterocycles. The van der Waals surface area contributed by atoms with Crippen LogP contribution in [-0.2, 0) is 4.74 Å². The Kier molecular flexibility index (Phi) is 7.26. The summed E-state index contributed by atoms with van der Waals surface area (Å²) in [4.78, 5) is 23.5. The Morgan fingerprint density at radius 3 is 2.70 bits per heavy atom. The second-order valence-electron chi connectivity index (χ2n) is 5.90. The third-order valence-corrected chi connectivity index (χ3v) is 3.92. The van der Waals surface area contributed by atoms with Crippen LogP contribution in [0, 0.1) is 6.92 Å². The van der Waals surface area contributed by atoms with E-state index in [1.165, 1.54) is 12.8 Å². The number of aryl methyl sites for hydroxylation is 1. The van der Waals surface area contributed by atoms with E-state index < -0.39 is 0 Å². The number of carbonyl (C=O) groups is 1. The topological polar surface area (TPSA) is 67.3 Å². The summed E-state index contributed by atoms with van der Waals surface area (Å²) in [5.74, 6) is 0.550. The van der Waals surface area contributed by atoms with Gasteiger partial charge in [-0.3, -0.25) is 4.79 Å². The quantitative estimate of drug-likeness (QED) is 0.781. The molecule has 1 N–H and O–H groups in total. The summed E-state index contributed by atoms with van der Waals surface area (Å²) >= 11 is 0. The van der Waals surface area contributed by atoms with Gasteiger partial charge in [-0.25, -0.2) is 9.97 Å². The molecule has 2 heterocycles. The molecule has 0 spiro atoms. The van der Waals surface area contributed by atoms with Gasteiger partial charge in [-0.2, -0.15) is 0 Å². The highest BCUT2D eigenvalue weighted by Gasteiger charge is 2.16. The molecule has 6 heteroatoms. The predicted octanol–water partition coefficient (Wildman–Crippen LogP) is 2.32. The second kappa shape index (κ2) is 9.45. The van der Waals surface area contributed by atoms with Gasteiger partial charge < -0.3 is 15.0 Å². The van der Waals surface area contributed by atoms with Crippen LogP contribution in [0.25, 0.3) is 0 Å². The van der Waals surface area contributed by atoms with Crippen molar-refractivity contribution in [2.24, 2.45) is 0 Å². The fraction of sp³-hybridized carbons (Fsp3) is 0.706. The van der Waals surface area contributed by atoms with Crippen LogP contribution in [0.15, 0.2) is 6.07 Å². The molecule has 23 heavy (non-hydrogen) atoms. The maximum absolute atomic E-state index is 12.3. The van der Waals surface area contributed by atoms with E-state index in [1.807, 2.05) is 13.8 Å². The third kappa shape index (κ3) is 5.78. The summed E-state index contributed by atoms with van der Waals surface area (Å²) < 4.78 is 5.27. The van der Waals surface area contributed by atoms with Crippen molar-refractivity contribution in [2.45, 2.75) is 46.0 Å². The first-order valence-corrected chi connectivity index (χ1v) is 8.67. The first-order valence-electron chi connectivity index (χ1n) is 8.67. The predicted molar refractivity (Wildman–Crippen MR) is 90.9 cm³/mol. The molecule has 1 aliphatic rings. The summed E-state index contributed by atoms with van der Waals surface area (Å²) in [5, 5.41) is 2.90. The number of carbonyl (C=O) groups excluding carboxylic acids is 1. The van der Waals surface area contributed by atoms with Crippen molar-refractivity contribution < 1.29 is 9.53 Å². The summed E-state index contributed by atoms with van der Waals surface area (Å²) in [5.41, 5.74) is 1.28. The van der Waals surface area contributed by atoms with Crippen LogP contribution >= 0.6 is 0 Å². The number of hydrogen-bond donors (Lipinski definition) is 1. The van der Waals surface area contributed by atoms with E-state index in [0.29, 0.717) is 31.4 Å². The van der Waals surface area contributed by atoms with Gasteiger partial charge >= 0.3 is 0 Å². The third-order valence-electron chi connectivity index (χ3n) is 3.92. The van der Waals surface area contributed by atoms with Crippen molar-refractivity contribution in [1.82, 2.24) is 15.3 Å². The molecule has 0 unspecified atom stereocenters. The molecule has 1 aliphatic heterocycles. The molecule has 6 nitrogen and oxygen atoms in total. The van der Waals surface area contributed by atoms with Crippen LogP contribution < -0.4 is 10.2 Å². The van der Waals surface area contributed by atoms with Crippen LogP contribution in [0.4, 0.5) is 5.95 Å². The number of nitrogens with zero attached hydrogens (tertiary/aromatic N) is 3. The maximum Gasteiger partial charge on any atom is 0.270 e. The van der Waals surface area contributed by atoms with Crippen molar-refractivity contribution in [3.63, 3.8) is 0 Å². The van der Waals surface area contributed by atoms with E-state index in [2.05, 4.69) is 20.2 Å². The molecule has 0 saturated carbocycles. The first kappa shape index (κ1) is 17.7. The average Bonchev–Trinajstić information content (AvgIpc) is 2.83. The van der Waals surface area contributed by atoms with E-state index >= 15 is 0 Å². The van der Waals surface area contributed by atoms with Crippen molar-refractivity contribution in [1.29, 1.82) is 0 Å². The smallest absolute Gasteiger partial charge is 0.270 e. The standard InChI is InChI=1S/C17H28N4O2/c1-3-23-12-8-9-18-16(22)15-13-14(2)19-17(20-15)21-10-6-4-5-7-11-21/h13H,3-12H2,1-2H3,(H,18,22). The first-order chi connectivity index (χ1) is 11.2. The largest absolute Gasteiger partial charge is 0.382 e. The molecule has 0 aromatic carbocycles.